The van der Waals surface area contributed by atoms with Crippen molar-refractivity contribution in [1.29, 1.82) is 0 Å². The highest BCUT2D eigenvalue weighted by molar-refractivity contribution is 5.23. The predicted octanol–water partition coefficient (Wildman–Crippen LogP) is 5.14. The van der Waals surface area contributed by atoms with Crippen LogP contribution in [0.2, 0.25) is 0 Å². The van der Waals surface area contributed by atoms with E-state index in [4.69, 9.17) is 0 Å². The Morgan fingerprint density at radius 1 is 1.26 bits per heavy atom. The number of allylic oxidation sites excluding steroid dienone is 2. The number of nitrogens with one attached hydrogen (secondary N) is 1. The van der Waals surface area contributed by atoms with Crippen molar-refractivity contribution in [2.75, 3.05) is 26.7 Å². The molecule has 0 bridgehead atoms. The summed E-state index contributed by atoms with van der Waals surface area (Å²) >= 11 is 0. The van der Waals surface area contributed by atoms with Crippen LogP contribution < -0.4 is 5.32 Å². The fourth-order valence-corrected chi connectivity index (χ4v) is 5.13. The fourth-order valence-electron chi connectivity index (χ4n) is 5.13. The lowest BCUT2D eigenvalue weighted by Crippen LogP contribution is -2.39. The first-order valence-corrected chi connectivity index (χ1v) is 12.3. The summed E-state index contributed by atoms with van der Waals surface area (Å²) in [7, 11) is 2.21. The van der Waals surface area contributed by atoms with Crippen molar-refractivity contribution < 1.29 is 5.11 Å². The zero-order valence-corrected chi connectivity index (χ0v) is 20.4. The van der Waals surface area contributed by atoms with Gasteiger partial charge in [0.1, 0.15) is 0 Å². The molecule has 1 saturated carbocycles. The summed E-state index contributed by atoms with van der Waals surface area (Å²) in [6.45, 7) is 12.2. The van der Waals surface area contributed by atoms with Gasteiger partial charge in [-0.15, -0.1) is 0 Å². The summed E-state index contributed by atoms with van der Waals surface area (Å²) in [5, 5.41) is 14.2. The van der Waals surface area contributed by atoms with E-state index in [0.29, 0.717) is 17.8 Å². The average Bonchev–Trinajstić information content (AvgIpc) is 3.21. The molecule has 0 unspecified atom stereocenters. The minimum Gasteiger partial charge on any atom is -0.392 e. The molecule has 0 aliphatic heterocycles. The van der Waals surface area contributed by atoms with Crippen molar-refractivity contribution in [2.24, 2.45) is 17.8 Å². The first kappa shape index (κ1) is 24.2. The molecule has 0 radical (unpaired) electrons. The van der Waals surface area contributed by atoms with Gasteiger partial charge in [-0.2, -0.15) is 0 Å². The van der Waals surface area contributed by atoms with E-state index in [1.165, 1.54) is 17.5 Å². The second-order valence-electron chi connectivity index (χ2n) is 10.8. The second-order valence-corrected chi connectivity index (χ2v) is 10.8. The normalized spacial score (nSPS) is 26.1. The Bertz CT molecular complexity index is 761. The molecule has 1 aromatic rings. The lowest BCUT2D eigenvalue weighted by Gasteiger charge is -2.31. The van der Waals surface area contributed by atoms with E-state index >= 15 is 0 Å². The van der Waals surface area contributed by atoms with E-state index in [-0.39, 0.29) is 11.6 Å². The maximum absolute atomic E-state index is 10.6. The first-order valence-electron chi connectivity index (χ1n) is 12.3. The van der Waals surface area contributed by atoms with E-state index in [0.717, 1.165) is 45.3 Å². The number of aliphatic hydroxyl groups excluding tert-OH is 1. The third kappa shape index (κ3) is 7.03. The molecule has 1 aromatic carbocycles. The molecule has 0 saturated heterocycles. The van der Waals surface area contributed by atoms with Crippen LogP contribution in [-0.4, -0.2) is 48.3 Å². The summed E-state index contributed by atoms with van der Waals surface area (Å²) in [5.41, 5.74) is 4.52. The molecule has 0 amide bonds. The smallest absolute Gasteiger partial charge is 0.0611 e. The van der Waals surface area contributed by atoms with Crippen molar-refractivity contribution in [1.82, 2.24) is 10.2 Å². The van der Waals surface area contributed by atoms with Gasteiger partial charge in [-0.1, -0.05) is 53.6 Å². The summed E-state index contributed by atoms with van der Waals surface area (Å²) in [6, 6.07) is 8.78. The number of benzene rings is 1. The monoisotopic (exact) mass is 424 g/mol. The minimum absolute atomic E-state index is 0.177. The van der Waals surface area contributed by atoms with Crippen molar-refractivity contribution in [3.63, 3.8) is 0 Å². The Balaban J connectivity index is 1.38. The lowest BCUT2D eigenvalue weighted by atomic mass is 9.89. The molecule has 0 spiro atoms. The van der Waals surface area contributed by atoms with E-state index < -0.39 is 0 Å². The van der Waals surface area contributed by atoms with Crippen molar-refractivity contribution in [3.8, 4) is 0 Å². The summed E-state index contributed by atoms with van der Waals surface area (Å²) in [4.78, 5) is 2.42. The number of aryl methyl sites for hydroxylation is 2. The Morgan fingerprint density at radius 3 is 2.81 bits per heavy atom. The van der Waals surface area contributed by atoms with Gasteiger partial charge in [0.15, 0.2) is 0 Å². The van der Waals surface area contributed by atoms with E-state index in [1.807, 2.05) is 0 Å². The van der Waals surface area contributed by atoms with Crippen LogP contribution >= 0.6 is 0 Å². The highest BCUT2D eigenvalue weighted by Crippen LogP contribution is 2.47. The third-order valence-corrected chi connectivity index (χ3v) is 7.33. The maximum Gasteiger partial charge on any atom is 0.0611 e. The number of hydrogen-bond donors (Lipinski definition) is 2. The molecule has 2 aliphatic rings. The van der Waals surface area contributed by atoms with Crippen LogP contribution in [0.15, 0.2) is 48.1 Å². The highest BCUT2D eigenvalue weighted by atomic mass is 16.3. The van der Waals surface area contributed by atoms with Gasteiger partial charge in [0.05, 0.1) is 6.10 Å². The minimum atomic E-state index is -0.177. The molecule has 3 nitrogen and oxygen atoms in total. The van der Waals surface area contributed by atoms with Crippen LogP contribution in [0.3, 0.4) is 0 Å². The second kappa shape index (κ2) is 10.9. The SMILES string of the molecule is Cc1cccc(CCC=C[C@@H]2[C@H]3CC(CNCCCN(C)C(C)(C)C)=C[C@H]3C[C@H]2O)c1. The standard InChI is InChI=1S/C28H44N2O/c1-21-10-8-12-22(16-21)11-6-7-13-25-26-18-23(17-24(26)19-27(25)31)20-29-14-9-15-30(5)28(2,3)4/h7-8,10,12-13,16-17,24-27,29,31H,6,9,11,14-15,18-20H2,1-5H3/t24-,25+,26-,27+/m0/s1. The van der Waals surface area contributed by atoms with E-state index in [1.54, 1.807) is 5.57 Å². The molecule has 4 atom stereocenters. The zero-order valence-electron chi connectivity index (χ0n) is 20.4. The van der Waals surface area contributed by atoms with Crippen molar-refractivity contribution in [3.05, 3.63) is 59.2 Å². The molecule has 31 heavy (non-hydrogen) atoms. The molecule has 0 heterocycles. The van der Waals surface area contributed by atoms with Crippen molar-refractivity contribution in [2.45, 2.75) is 71.4 Å². The summed E-state index contributed by atoms with van der Waals surface area (Å²) in [6.07, 6.45) is 12.3. The van der Waals surface area contributed by atoms with E-state index in [9.17, 15) is 5.11 Å². The van der Waals surface area contributed by atoms with Gasteiger partial charge in [-0.3, -0.25) is 0 Å². The van der Waals surface area contributed by atoms with Gasteiger partial charge in [-0.05, 0) is 97.3 Å². The molecule has 172 valence electrons. The molecule has 0 aromatic heterocycles. The average molecular weight is 425 g/mol. The molecular weight excluding hydrogens is 380 g/mol. The van der Waals surface area contributed by atoms with Crippen LogP contribution in [0.5, 0.6) is 0 Å². The Hall–Kier alpha value is -1.42. The van der Waals surface area contributed by atoms with Crippen LogP contribution in [0, 0.1) is 24.7 Å². The van der Waals surface area contributed by atoms with E-state index in [2.05, 4.69) is 87.5 Å². The lowest BCUT2D eigenvalue weighted by molar-refractivity contribution is 0.141. The number of fused-ring (bicyclic) bond motifs is 1. The fraction of sp³-hybridized carbons (Fsp3) is 0.643. The summed E-state index contributed by atoms with van der Waals surface area (Å²) in [5.74, 6) is 1.47. The zero-order chi connectivity index (χ0) is 22.4. The number of rotatable bonds is 10. The molecule has 3 rings (SSSR count). The summed E-state index contributed by atoms with van der Waals surface area (Å²) < 4.78 is 0. The van der Waals surface area contributed by atoms with Gasteiger partial charge in [0.2, 0.25) is 0 Å². The van der Waals surface area contributed by atoms with Crippen LogP contribution in [-0.2, 0) is 6.42 Å². The Morgan fingerprint density at radius 2 is 2.06 bits per heavy atom. The topological polar surface area (TPSA) is 35.5 Å². The molecule has 1 fully saturated rings. The maximum atomic E-state index is 10.6. The molecule has 2 N–H and O–H groups in total. The van der Waals surface area contributed by atoms with Gasteiger partial charge in [0.25, 0.3) is 0 Å². The van der Waals surface area contributed by atoms with Gasteiger partial charge in [-0.25, -0.2) is 0 Å². The number of aliphatic hydroxyl groups is 1. The van der Waals surface area contributed by atoms with Gasteiger partial charge < -0.3 is 15.3 Å². The largest absolute Gasteiger partial charge is 0.392 e. The van der Waals surface area contributed by atoms with Gasteiger partial charge in [0, 0.05) is 18.0 Å². The van der Waals surface area contributed by atoms with Crippen LogP contribution in [0.25, 0.3) is 0 Å². The highest BCUT2D eigenvalue weighted by Gasteiger charge is 2.43. The van der Waals surface area contributed by atoms with Crippen LogP contribution in [0.4, 0.5) is 0 Å². The third-order valence-electron chi connectivity index (χ3n) is 7.33. The predicted molar refractivity (Wildman–Crippen MR) is 132 cm³/mol. The quantitative estimate of drug-likeness (QED) is 0.403. The molecular formula is C28H44N2O. The number of hydrogen-bond acceptors (Lipinski definition) is 3. The molecule has 2 aliphatic carbocycles. The van der Waals surface area contributed by atoms with Crippen LogP contribution in [0.1, 0.15) is 57.6 Å². The molecule has 3 heteroatoms. The Kier molecular flexibility index (Phi) is 8.55. The van der Waals surface area contributed by atoms with Gasteiger partial charge >= 0.3 is 0 Å². The van der Waals surface area contributed by atoms with Crippen molar-refractivity contribution >= 4 is 0 Å². The Labute approximate surface area is 190 Å². The number of nitrogens with zero attached hydrogens (tertiary/aromatic N) is 1. The first-order chi connectivity index (χ1) is 14.7.